The Morgan fingerprint density at radius 3 is 2.67 bits per heavy atom. The van der Waals surface area contributed by atoms with Crippen LogP contribution >= 0.6 is 0 Å². The molecule has 3 amide bonds. The fraction of sp³-hybridized carbons (Fsp3) is 0.250. The summed E-state index contributed by atoms with van der Waals surface area (Å²) >= 11 is 0. The van der Waals surface area contributed by atoms with Crippen molar-refractivity contribution < 1.29 is 14.4 Å². The van der Waals surface area contributed by atoms with Gasteiger partial charge in [0.15, 0.2) is 0 Å². The molecule has 138 valence electrons. The zero-order chi connectivity index (χ0) is 19.3. The van der Waals surface area contributed by atoms with Crippen molar-refractivity contribution in [3.63, 3.8) is 0 Å². The molecule has 0 aliphatic carbocycles. The SMILES string of the molecule is CNC(=O)CN1c2ccccc2C(=O)N(C)C12C(=O)Nc1ccc(C)cc12. The molecule has 2 N–H and O–H groups in total. The third-order valence-corrected chi connectivity index (χ3v) is 5.30. The number of carbonyl (C=O) groups excluding carboxylic acids is 3. The maximum absolute atomic E-state index is 13.3. The van der Waals surface area contributed by atoms with Gasteiger partial charge in [-0.05, 0) is 31.2 Å². The van der Waals surface area contributed by atoms with E-state index in [1.165, 1.54) is 4.90 Å². The monoisotopic (exact) mass is 364 g/mol. The van der Waals surface area contributed by atoms with Crippen LogP contribution in [-0.4, -0.2) is 43.3 Å². The summed E-state index contributed by atoms with van der Waals surface area (Å²) in [4.78, 5) is 41.9. The number of nitrogens with zero attached hydrogens (tertiary/aromatic N) is 2. The lowest BCUT2D eigenvalue weighted by Gasteiger charge is -2.50. The van der Waals surface area contributed by atoms with Gasteiger partial charge in [0.05, 0.1) is 17.8 Å². The van der Waals surface area contributed by atoms with Crippen molar-refractivity contribution in [1.82, 2.24) is 10.2 Å². The second-order valence-corrected chi connectivity index (χ2v) is 6.82. The van der Waals surface area contributed by atoms with Crippen LogP contribution in [0.15, 0.2) is 42.5 Å². The molecule has 0 aromatic heterocycles. The van der Waals surface area contributed by atoms with Crippen molar-refractivity contribution in [2.45, 2.75) is 12.6 Å². The van der Waals surface area contributed by atoms with Gasteiger partial charge in [0.25, 0.3) is 11.8 Å². The molecule has 2 aromatic rings. The van der Waals surface area contributed by atoms with Crippen molar-refractivity contribution in [3.8, 4) is 0 Å². The summed E-state index contributed by atoms with van der Waals surface area (Å²) in [6.07, 6.45) is 0. The van der Waals surface area contributed by atoms with Crippen LogP contribution in [-0.2, 0) is 15.3 Å². The van der Waals surface area contributed by atoms with Gasteiger partial charge in [-0.3, -0.25) is 14.4 Å². The molecule has 2 aliphatic heterocycles. The average molecular weight is 364 g/mol. The Balaban J connectivity index is 2.03. The van der Waals surface area contributed by atoms with E-state index in [-0.39, 0.29) is 24.3 Å². The summed E-state index contributed by atoms with van der Waals surface area (Å²) in [6, 6.07) is 12.7. The van der Waals surface area contributed by atoms with E-state index in [2.05, 4.69) is 10.6 Å². The molecule has 2 aliphatic rings. The first-order chi connectivity index (χ1) is 12.9. The van der Waals surface area contributed by atoms with E-state index in [1.54, 1.807) is 43.3 Å². The van der Waals surface area contributed by atoms with Gasteiger partial charge >= 0.3 is 0 Å². The van der Waals surface area contributed by atoms with Crippen molar-refractivity contribution in [3.05, 3.63) is 59.2 Å². The normalized spacial score (nSPS) is 20.4. The highest BCUT2D eigenvalue weighted by atomic mass is 16.2. The maximum Gasteiger partial charge on any atom is 0.276 e. The molecule has 7 nitrogen and oxygen atoms in total. The second kappa shape index (κ2) is 5.84. The number of benzene rings is 2. The minimum atomic E-state index is -1.42. The third-order valence-electron chi connectivity index (χ3n) is 5.30. The number of para-hydroxylation sites is 1. The Hall–Kier alpha value is -3.35. The molecule has 0 saturated carbocycles. The molecule has 4 rings (SSSR count). The van der Waals surface area contributed by atoms with Gasteiger partial charge in [0, 0.05) is 25.3 Å². The van der Waals surface area contributed by atoms with Gasteiger partial charge in [-0.25, -0.2) is 0 Å². The zero-order valence-corrected chi connectivity index (χ0v) is 15.4. The summed E-state index contributed by atoms with van der Waals surface area (Å²) in [5.74, 6) is -0.860. The Kier molecular flexibility index (Phi) is 3.69. The summed E-state index contributed by atoms with van der Waals surface area (Å²) in [7, 11) is 3.15. The second-order valence-electron chi connectivity index (χ2n) is 6.82. The largest absolute Gasteiger partial charge is 0.358 e. The molecule has 2 heterocycles. The predicted molar refractivity (Wildman–Crippen MR) is 101 cm³/mol. The minimum Gasteiger partial charge on any atom is -0.358 e. The number of amides is 3. The quantitative estimate of drug-likeness (QED) is 0.845. The number of aryl methyl sites for hydroxylation is 1. The lowest BCUT2D eigenvalue weighted by molar-refractivity contribution is -0.126. The van der Waals surface area contributed by atoms with Gasteiger partial charge in [-0.1, -0.05) is 23.8 Å². The van der Waals surface area contributed by atoms with Gasteiger partial charge < -0.3 is 20.4 Å². The fourth-order valence-corrected chi connectivity index (χ4v) is 3.98. The highest BCUT2D eigenvalue weighted by molar-refractivity contribution is 6.15. The molecule has 7 heteroatoms. The lowest BCUT2D eigenvalue weighted by Crippen LogP contribution is -2.66. The van der Waals surface area contributed by atoms with E-state index in [1.807, 2.05) is 25.1 Å². The van der Waals surface area contributed by atoms with Gasteiger partial charge in [0.2, 0.25) is 11.6 Å². The van der Waals surface area contributed by atoms with Crippen LogP contribution in [0.1, 0.15) is 21.5 Å². The molecule has 1 atom stereocenters. The molecule has 27 heavy (non-hydrogen) atoms. The predicted octanol–water partition coefficient (Wildman–Crippen LogP) is 1.44. The number of rotatable bonds is 2. The number of anilines is 2. The number of hydrogen-bond acceptors (Lipinski definition) is 4. The first-order valence-electron chi connectivity index (χ1n) is 8.69. The molecular weight excluding hydrogens is 344 g/mol. The highest BCUT2D eigenvalue weighted by Gasteiger charge is 2.59. The third kappa shape index (κ3) is 2.17. The Bertz CT molecular complexity index is 987. The van der Waals surface area contributed by atoms with Crippen molar-refractivity contribution >= 4 is 29.1 Å². The van der Waals surface area contributed by atoms with Crippen molar-refractivity contribution in [2.75, 3.05) is 30.9 Å². The average Bonchev–Trinajstić information content (AvgIpc) is 2.95. The topological polar surface area (TPSA) is 81.8 Å². The van der Waals surface area contributed by atoms with Crippen molar-refractivity contribution in [2.24, 2.45) is 0 Å². The molecule has 1 spiro atoms. The van der Waals surface area contributed by atoms with E-state index in [0.717, 1.165) is 5.56 Å². The van der Waals surface area contributed by atoms with Gasteiger partial charge in [-0.2, -0.15) is 0 Å². The van der Waals surface area contributed by atoms with Gasteiger partial charge in [-0.15, -0.1) is 0 Å². The van der Waals surface area contributed by atoms with E-state index in [0.29, 0.717) is 22.5 Å². The lowest BCUT2D eigenvalue weighted by atomic mass is 9.90. The number of fused-ring (bicyclic) bond motifs is 3. The molecule has 1 unspecified atom stereocenters. The summed E-state index contributed by atoms with van der Waals surface area (Å²) in [5, 5.41) is 5.49. The van der Waals surface area contributed by atoms with Crippen LogP contribution in [0, 0.1) is 6.92 Å². The summed E-state index contributed by atoms with van der Waals surface area (Å²) < 4.78 is 0. The Morgan fingerprint density at radius 2 is 1.93 bits per heavy atom. The van der Waals surface area contributed by atoms with Crippen LogP contribution in [0.5, 0.6) is 0 Å². The zero-order valence-electron chi connectivity index (χ0n) is 15.4. The molecule has 0 fully saturated rings. The highest BCUT2D eigenvalue weighted by Crippen LogP contribution is 2.48. The fourth-order valence-electron chi connectivity index (χ4n) is 3.98. The smallest absolute Gasteiger partial charge is 0.276 e. The van der Waals surface area contributed by atoms with Crippen LogP contribution < -0.4 is 15.5 Å². The summed E-state index contributed by atoms with van der Waals surface area (Å²) in [5.41, 5.74) is 1.88. The van der Waals surface area contributed by atoms with Crippen LogP contribution in [0.2, 0.25) is 0 Å². The maximum atomic E-state index is 13.3. The number of likely N-dealkylation sites (N-methyl/N-ethyl adjacent to an activating group) is 2. The standard InChI is InChI=1S/C20H20N4O3/c1-12-8-9-15-14(10-12)20(19(27)22-15)23(3)18(26)13-6-4-5-7-16(13)24(20)11-17(25)21-2/h4-10H,11H2,1-3H3,(H,21,25)(H,22,27). The minimum absolute atomic E-state index is 0.0636. The van der Waals surface area contributed by atoms with Crippen LogP contribution in [0.4, 0.5) is 11.4 Å². The van der Waals surface area contributed by atoms with E-state index in [4.69, 9.17) is 0 Å². The summed E-state index contributed by atoms with van der Waals surface area (Å²) in [6.45, 7) is 1.87. The molecule has 0 saturated heterocycles. The molecule has 0 radical (unpaired) electrons. The van der Waals surface area contributed by atoms with Crippen molar-refractivity contribution in [1.29, 1.82) is 0 Å². The first-order valence-corrected chi connectivity index (χ1v) is 8.69. The van der Waals surface area contributed by atoms with E-state index < -0.39 is 5.66 Å². The Labute approximate surface area is 157 Å². The first kappa shape index (κ1) is 17.1. The van der Waals surface area contributed by atoms with Crippen LogP contribution in [0.25, 0.3) is 0 Å². The van der Waals surface area contributed by atoms with Crippen LogP contribution in [0.3, 0.4) is 0 Å². The molecular formula is C20H20N4O3. The number of nitrogens with one attached hydrogen (secondary N) is 2. The van der Waals surface area contributed by atoms with Gasteiger partial charge in [0.1, 0.15) is 0 Å². The number of hydrogen-bond donors (Lipinski definition) is 2. The molecule has 0 bridgehead atoms. The Morgan fingerprint density at radius 1 is 1.19 bits per heavy atom. The molecule has 2 aromatic carbocycles. The van der Waals surface area contributed by atoms with E-state index >= 15 is 0 Å². The van der Waals surface area contributed by atoms with E-state index in [9.17, 15) is 14.4 Å². The number of carbonyl (C=O) groups is 3.